The molecule has 36 heavy (non-hydrogen) atoms. The van der Waals surface area contributed by atoms with Crippen LogP contribution in [-0.2, 0) is 22.7 Å². The lowest BCUT2D eigenvalue weighted by atomic mass is 10.1. The number of likely N-dealkylation sites (N-methyl/N-ethyl adjacent to an activating group) is 1. The zero-order valence-corrected chi connectivity index (χ0v) is 20.5. The number of carbonyl (C=O) groups excluding carboxylic acids is 3. The molecule has 1 heterocycles. The zero-order chi connectivity index (χ0) is 26.5. The summed E-state index contributed by atoms with van der Waals surface area (Å²) >= 11 is 0. The van der Waals surface area contributed by atoms with Gasteiger partial charge in [0.2, 0.25) is 6.41 Å². The van der Waals surface area contributed by atoms with Crippen LogP contribution in [0, 0.1) is 0 Å². The lowest BCUT2D eigenvalue weighted by molar-refractivity contribution is -0.145. The Morgan fingerprint density at radius 3 is 2.39 bits per heavy atom. The number of primary amides is 1. The smallest absolute Gasteiger partial charge is 0.387 e. The number of carbonyl (C=O) groups is 3. The number of hydrazine groups is 1. The van der Waals surface area contributed by atoms with Crippen LogP contribution in [0.2, 0.25) is 0 Å². The lowest BCUT2D eigenvalue weighted by Crippen LogP contribution is -2.46. The van der Waals surface area contributed by atoms with E-state index in [0.29, 0.717) is 50.1 Å². The molecule has 0 fully saturated rings. The van der Waals surface area contributed by atoms with Gasteiger partial charge in [-0.15, -0.1) is 0 Å². The number of amides is 2. The van der Waals surface area contributed by atoms with Crippen molar-refractivity contribution in [2.24, 2.45) is 5.73 Å². The summed E-state index contributed by atoms with van der Waals surface area (Å²) in [4.78, 5) is 34.8. The first kappa shape index (κ1) is 28.7. The molecule has 2 aromatic rings. The minimum absolute atomic E-state index is 0.0443. The number of aldehydes is 1. The summed E-state index contributed by atoms with van der Waals surface area (Å²) in [6, 6.07) is 12.3. The standard InChI is InChI=1S/C24H30F2N4O3.CH3NO/c1-3-27-11-6-12-29(21-13-18(17-31)9-10-22(21)33-24(25)26)16-23(32)28(2)30-14-19-7-4-5-8-20(19)15-30;2-1-3/h4-5,7-10,13,17,24,27H,3,6,11-12,14-16H2,1-2H3;1H,(H2,2,3). The molecule has 3 N–H and O–H groups in total. The van der Waals surface area contributed by atoms with Crippen LogP contribution in [0.3, 0.4) is 0 Å². The second-order valence-electron chi connectivity index (χ2n) is 8.00. The highest BCUT2D eigenvalue weighted by Crippen LogP contribution is 2.31. The van der Waals surface area contributed by atoms with E-state index in [0.717, 1.165) is 6.54 Å². The number of nitrogens with zero attached hydrogens (tertiary/aromatic N) is 3. The summed E-state index contributed by atoms with van der Waals surface area (Å²) in [6.07, 6.45) is 1.57. The molecule has 2 amide bonds. The van der Waals surface area contributed by atoms with Crippen molar-refractivity contribution in [1.29, 1.82) is 0 Å². The Morgan fingerprint density at radius 1 is 1.19 bits per heavy atom. The van der Waals surface area contributed by atoms with E-state index >= 15 is 0 Å². The summed E-state index contributed by atoms with van der Waals surface area (Å²) in [5.74, 6) is -0.256. The largest absolute Gasteiger partial charge is 0.433 e. The number of rotatable bonds is 12. The number of fused-ring (bicyclic) bond motifs is 1. The van der Waals surface area contributed by atoms with Crippen molar-refractivity contribution in [3.63, 3.8) is 0 Å². The van der Waals surface area contributed by atoms with Crippen molar-refractivity contribution in [3.05, 3.63) is 59.2 Å². The van der Waals surface area contributed by atoms with Gasteiger partial charge in [0.05, 0.1) is 12.2 Å². The van der Waals surface area contributed by atoms with Gasteiger partial charge < -0.3 is 20.7 Å². The maximum absolute atomic E-state index is 13.2. The molecule has 0 spiro atoms. The summed E-state index contributed by atoms with van der Waals surface area (Å²) < 4.78 is 30.7. The van der Waals surface area contributed by atoms with E-state index in [-0.39, 0.29) is 24.6 Å². The summed E-state index contributed by atoms with van der Waals surface area (Å²) in [6.45, 7) is 2.11. The fraction of sp³-hybridized carbons (Fsp3) is 0.400. The monoisotopic (exact) mass is 505 g/mol. The van der Waals surface area contributed by atoms with Gasteiger partial charge in [0.15, 0.2) is 0 Å². The molecule has 196 valence electrons. The van der Waals surface area contributed by atoms with Gasteiger partial charge in [-0.3, -0.25) is 19.4 Å². The van der Waals surface area contributed by atoms with E-state index in [1.807, 2.05) is 36.2 Å². The number of ether oxygens (including phenoxy) is 1. The predicted molar refractivity (Wildman–Crippen MR) is 133 cm³/mol. The third-order valence-corrected chi connectivity index (χ3v) is 5.64. The van der Waals surface area contributed by atoms with Crippen molar-refractivity contribution in [2.75, 3.05) is 38.1 Å². The fourth-order valence-corrected chi connectivity index (χ4v) is 3.86. The molecule has 1 aliphatic heterocycles. The molecule has 1 aliphatic rings. The van der Waals surface area contributed by atoms with E-state index in [1.165, 1.54) is 29.3 Å². The van der Waals surface area contributed by atoms with Crippen LogP contribution in [0.4, 0.5) is 14.5 Å². The average Bonchev–Trinajstić information content (AvgIpc) is 3.30. The van der Waals surface area contributed by atoms with Crippen molar-refractivity contribution in [1.82, 2.24) is 15.3 Å². The van der Waals surface area contributed by atoms with Crippen LogP contribution in [-0.4, -0.2) is 68.5 Å². The third kappa shape index (κ3) is 8.28. The Labute approximate surface area is 209 Å². The molecular formula is C25H33F2N5O4. The fourth-order valence-electron chi connectivity index (χ4n) is 3.86. The molecular weight excluding hydrogens is 472 g/mol. The minimum atomic E-state index is -3.02. The predicted octanol–water partition coefficient (Wildman–Crippen LogP) is 2.40. The molecule has 3 rings (SSSR count). The molecule has 2 aromatic carbocycles. The number of nitrogens with one attached hydrogen (secondary N) is 1. The summed E-state index contributed by atoms with van der Waals surface area (Å²) in [5, 5.41) is 6.74. The summed E-state index contributed by atoms with van der Waals surface area (Å²) in [5.41, 5.74) is 7.12. The Kier molecular flexibility index (Phi) is 11.7. The Hall–Kier alpha value is -3.57. The Balaban J connectivity index is 0.00000145. The first-order valence-electron chi connectivity index (χ1n) is 11.6. The van der Waals surface area contributed by atoms with Crippen molar-refractivity contribution >= 4 is 24.3 Å². The van der Waals surface area contributed by atoms with Crippen LogP contribution in [0.25, 0.3) is 0 Å². The van der Waals surface area contributed by atoms with Gasteiger partial charge in [-0.2, -0.15) is 8.78 Å². The Morgan fingerprint density at radius 2 is 1.83 bits per heavy atom. The van der Waals surface area contributed by atoms with Crippen LogP contribution in [0.1, 0.15) is 34.8 Å². The Bertz CT molecular complexity index is 983. The van der Waals surface area contributed by atoms with Gasteiger partial charge in [-0.1, -0.05) is 31.2 Å². The quantitative estimate of drug-likeness (QED) is 0.337. The van der Waals surface area contributed by atoms with Crippen LogP contribution < -0.4 is 20.7 Å². The first-order valence-corrected chi connectivity index (χ1v) is 11.6. The minimum Gasteiger partial charge on any atom is -0.433 e. The van der Waals surface area contributed by atoms with Crippen molar-refractivity contribution < 1.29 is 27.9 Å². The molecule has 0 radical (unpaired) electrons. The highest BCUT2D eigenvalue weighted by Gasteiger charge is 2.27. The maximum Gasteiger partial charge on any atom is 0.387 e. The van der Waals surface area contributed by atoms with E-state index < -0.39 is 6.61 Å². The molecule has 0 aliphatic carbocycles. The number of benzene rings is 2. The molecule has 0 saturated heterocycles. The second kappa shape index (κ2) is 14.7. The lowest BCUT2D eigenvalue weighted by Gasteiger charge is -2.32. The van der Waals surface area contributed by atoms with Crippen LogP contribution in [0.15, 0.2) is 42.5 Å². The molecule has 0 bridgehead atoms. The highest BCUT2D eigenvalue weighted by atomic mass is 19.3. The van der Waals surface area contributed by atoms with E-state index in [2.05, 4.69) is 11.1 Å². The second-order valence-corrected chi connectivity index (χ2v) is 8.00. The van der Waals surface area contributed by atoms with Gasteiger partial charge in [-0.25, -0.2) is 5.01 Å². The van der Waals surface area contributed by atoms with Crippen molar-refractivity contribution in [2.45, 2.75) is 33.0 Å². The van der Waals surface area contributed by atoms with Gasteiger partial charge in [-0.05, 0) is 48.8 Å². The van der Waals surface area contributed by atoms with Crippen molar-refractivity contribution in [3.8, 4) is 5.75 Å². The number of nitrogens with two attached hydrogens (primary N) is 1. The zero-order valence-electron chi connectivity index (χ0n) is 20.5. The van der Waals surface area contributed by atoms with E-state index in [1.54, 1.807) is 17.0 Å². The molecule has 11 heteroatoms. The molecule has 0 aromatic heterocycles. The maximum atomic E-state index is 13.2. The number of hydrogen-bond acceptors (Lipinski definition) is 7. The summed E-state index contributed by atoms with van der Waals surface area (Å²) in [7, 11) is 1.71. The van der Waals surface area contributed by atoms with Gasteiger partial charge in [0, 0.05) is 32.2 Å². The number of halogens is 2. The first-order chi connectivity index (χ1) is 17.3. The van der Waals surface area contributed by atoms with Gasteiger partial charge in [0.1, 0.15) is 12.0 Å². The highest BCUT2D eigenvalue weighted by molar-refractivity contribution is 5.84. The van der Waals surface area contributed by atoms with Gasteiger partial charge >= 0.3 is 6.61 Å². The van der Waals surface area contributed by atoms with E-state index in [9.17, 15) is 18.4 Å². The average molecular weight is 506 g/mol. The normalized spacial score (nSPS) is 12.4. The molecule has 0 saturated carbocycles. The third-order valence-electron chi connectivity index (χ3n) is 5.64. The number of hydrogen-bond donors (Lipinski definition) is 2. The molecule has 0 unspecified atom stereocenters. The van der Waals surface area contributed by atoms with E-state index in [4.69, 9.17) is 9.53 Å². The molecule has 0 atom stereocenters. The van der Waals surface area contributed by atoms with Crippen LogP contribution >= 0.6 is 0 Å². The van der Waals surface area contributed by atoms with Gasteiger partial charge in [0.25, 0.3) is 5.91 Å². The molecule has 9 nitrogen and oxygen atoms in total. The van der Waals surface area contributed by atoms with Crippen LogP contribution in [0.5, 0.6) is 5.75 Å². The SMILES string of the molecule is CCNCCCN(CC(=O)N(C)N1Cc2ccccc2C1)c1cc(C=O)ccc1OC(F)F.NC=O. The number of anilines is 1. The topological polar surface area (TPSA) is 108 Å². The number of alkyl halides is 2.